The molecular formula is C12H19F5N2O. The van der Waals surface area contributed by atoms with Crippen molar-refractivity contribution in [2.75, 3.05) is 27.2 Å². The van der Waals surface area contributed by atoms with Crippen molar-refractivity contribution in [2.45, 2.75) is 43.8 Å². The van der Waals surface area contributed by atoms with Crippen molar-refractivity contribution >= 4 is 5.91 Å². The van der Waals surface area contributed by atoms with E-state index in [-0.39, 0.29) is 13.1 Å². The van der Waals surface area contributed by atoms with Gasteiger partial charge in [0.1, 0.15) is 0 Å². The molecule has 0 aromatic carbocycles. The fraction of sp³-hybridized carbons (Fsp3) is 0.917. The third-order valence-electron chi connectivity index (χ3n) is 3.44. The molecule has 1 rings (SSSR count). The Labute approximate surface area is 114 Å². The van der Waals surface area contributed by atoms with Crippen molar-refractivity contribution in [2.24, 2.45) is 0 Å². The van der Waals surface area contributed by atoms with Crippen LogP contribution in [0.2, 0.25) is 0 Å². The van der Waals surface area contributed by atoms with E-state index >= 15 is 0 Å². The number of halogens is 5. The normalized spacial score (nSPS) is 17.8. The number of amides is 1. The lowest BCUT2D eigenvalue weighted by Gasteiger charge is -2.33. The third kappa shape index (κ3) is 3.80. The summed E-state index contributed by atoms with van der Waals surface area (Å²) in [6.07, 6.45) is -3.40. The molecule has 118 valence electrons. The van der Waals surface area contributed by atoms with Crippen molar-refractivity contribution in [3.8, 4) is 0 Å². The molecule has 0 heterocycles. The maximum absolute atomic E-state index is 13.2. The van der Waals surface area contributed by atoms with Crippen LogP contribution in [0.15, 0.2) is 0 Å². The monoisotopic (exact) mass is 302 g/mol. The van der Waals surface area contributed by atoms with Crippen LogP contribution in [-0.2, 0) is 4.79 Å². The Hall–Kier alpha value is -0.920. The van der Waals surface area contributed by atoms with Crippen LogP contribution >= 0.6 is 0 Å². The number of nitrogens with zero attached hydrogens (tertiary/aromatic N) is 2. The second kappa shape index (κ2) is 6.24. The van der Waals surface area contributed by atoms with E-state index in [4.69, 9.17) is 0 Å². The number of likely N-dealkylation sites (N-methyl/N-ethyl adjacent to an activating group) is 1. The summed E-state index contributed by atoms with van der Waals surface area (Å²) in [5.74, 6) is -7.44. The van der Waals surface area contributed by atoms with Crippen LogP contribution < -0.4 is 0 Å². The predicted octanol–water partition coefficient (Wildman–Crippen LogP) is 2.52. The first kappa shape index (κ1) is 17.1. The topological polar surface area (TPSA) is 23.6 Å². The Kier molecular flexibility index (Phi) is 5.34. The molecule has 0 saturated heterocycles. The van der Waals surface area contributed by atoms with Gasteiger partial charge in [-0.1, -0.05) is 12.8 Å². The van der Waals surface area contributed by atoms with E-state index in [0.29, 0.717) is 17.7 Å². The molecule has 1 fully saturated rings. The molecule has 0 aliphatic heterocycles. The molecule has 0 spiro atoms. The molecule has 0 N–H and O–H groups in total. The smallest absolute Gasteiger partial charge is 0.333 e. The highest BCUT2D eigenvalue weighted by atomic mass is 19.4. The molecule has 0 unspecified atom stereocenters. The molecule has 8 heteroatoms. The lowest BCUT2D eigenvalue weighted by atomic mass is 10.1. The number of rotatable bonds is 5. The zero-order chi connectivity index (χ0) is 15.6. The average molecular weight is 302 g/mol. The third-order valence-corrected chi connectivity index (χ3v) is 3.44. The lowest BCUT2D eigenvalue weighted by molar-refractivity contribution is -0.275. The van der Waals surface area contributed by atoms with Gasteiger partial charge in [-0.15, -0.1) is 0 Å². The van der Waals surface area contributed by atoms with E-state index in [1.165, 1.54) is 0 Å². The molecule has 0 aromatic heterocycles. The molecule has 20 heavy (non-hydrogen) atoms. The Bertz CT molecular complexity index is 337. The molecule has 0 aromatic rings. The van der Waals surface area contributed by atoms with Crippen LogP contribution in [0.25, 0.3) is 0 Å². The fourth-order valence-corrected chi connectivity index (χ4v) is 2.28. The molecule has 1 aliphatic rings. The van der Waals surface area contributed by atoms with Crippen LogP contribution in [0.4, 0.5) is 22.0 Å². The number of hydrogen-bond donors (Lipinski definition) is 0. The summed E-state index contributed by atoms with van der Waals surface area (Å²) in [4.78, 5) is 14.0. The Balaban J connectivity index is 2.88. The molecule has 0 radical (unpaired) electrons. The SMILES string of the molecule is CN(C)CCN(C(=O)C(F)(F)C(F)(F)F)C1CCCC1. The molecule has 3 nitrogen and oxygen atoms in total. The Morgan fingerprint density at radius 3 is 1.95 bits per heavy atom. The van der Waals surface area contributed by atoms with Gasteiger partial charge in [0.2, 0.25) is 0 Å². The van der Waals surface area contributed by atoms with Crippen LogP contribution in [0, 0.1) is 0 Å². The number of hydrogen-bond acceptors (Lipinski definition) is 2. The summed E-state index contributed by atoms with van der Waals surface area (Å²) in [6.45, 7) is 0.123. The summed E-state index contributed by atoms with van der Waals surface area (Å²) >= 11 is 0. The van der Waals surface area contributed by atoms with E-state index in [0.717, 1.165) is 12.8 Å². The van der Waals surface area contributed by atoms with E-state index in [1.54, 1.807) is 19.0 Å². The van der Waals surface area contributed by atoms with Gasteiger partial charge in [-0.2, -0.15) is 22.0 Å². The lowest BCUT2D eigenvalue weighted by Crippen LogP contribution is -2.55. The minimum absolute atomic E-state index is 0.123. The van der Waals surface area contributed by atoms with Crippen molar-refractivity contribution in [3.05, 3.63) is 0 Å². The van der Waals surface area contributed by atoms with E-state index in [9.17, 15) is 26.7 Å². The minimum Gasteiger partial charge on any atom is -0.333 e. The summed E-state index contributed by atoms with van der Waals surface area (Å²) in [5, 5.41) is 0. The second-order valence-electron chi connectivity index (χ2n) is 5.31. The van der Waals surface area contributed by atoms with Gasteiger partial charge in [-0.3, -0.25) is 4.79 Å². The zero-order valence-electron chi connectivity index (χ0n) is 11.5. The summed E-state index contributed by atoms with van der Waals surface area (Å²) in [7, 11) is 3.33. The Morgan fingerprint density at radius 1 is 1.05 bits per heavy atom. The number of carbonyl (C=O) groups is 1. The van der Waals surface area contributed by atoms with Crippen LogP contribution in [-0.4, -0.2) is 61.0 Å². The van der Waals surface area contributed by atoms with Gasteiger partial charge < -0.3 is 9.80 Å². The zero-order valence-corrected chi connectivity index (χ0v) is 11.5. The molecule has 1 amide bonds. The standard InChI is InChI=1S/C12H19F5N2O/c1-18(2)7-8-19(9-5-3-4-6-9)10(20)11(13,14)12(15,16)17/h9H,3-8H2,1-2H3. The van der Waals surface area contributed by atoms with E-state index in [1.807, 2.05) is 0 Å². The maximum Gasteiger partial charge on any atom is 0.463 e. The summed E-state index contributed by atoms with van der Waals surface area (Å²) < 4.78 is 63.4. The number of carbonyl (C=O) groups excluding carboxylic acids is 1. The number of alkyl halides is 5. The van der Waals surface area contributed by atoms with E-state index < -0.39 is 24.0 Å². The van der Waals surface area contributed by atoms with Crippen LogP contribution in [0.3, 0.4) is 0 Å². The highest BCUT2D eigenvalue weighted by Gasteiger charge is 2.65. The van der Waals surface area contributed by atoms with Gasteiger partial charge in [-0.25, -0.2) is 0 Å². The van der Waals surface area contributed by atoms with Gasteiger partial charge in [-0.05, 0) is 26.9 Å². The molecule has 0 atom stereocenters. The Morgan fingerprint density at radius 2 is 1.55 bits per heavy atom. The van der Waals surface area contributed by atoms with Crippen molar-refractivity contribution in [1.29, 1.82) is 0 Å². The first-order chi connectivity index (χ1) is 9.07. The van der Waals surface area contributed by atoms with Crippen molar-refractivity contribution in [3.63, 3.8) is 0 Å². The van der Waals surface area contributed by atoms with Gasteiger partial charge in [0.25, 0.3) is 0 Å². The van der Waals surface area contributed by atoms with Gasteiger partial charge >= 0.3 is 18.0 Å². The van der Waals surface area contributed by atoms with Crippen LogP contribution in [0.5, 0.6) is 0 Å². The van der Waals surface area contributed by atoms with E-state index in [2.05, 4.69) is 0 Å². The van der Waals surface area contributed by atoms with Gasteiger partial charge in [0.15, 0.2) is 0 Å². The summed E-state index contributed by atoms with van der Waals surface area (Å²) in [6, 6.07) is -0.518. The first-order valence-electron chi connectivity index (χ1n) is 6.47. The largest absolute Gasteiger partial charge is 0.463 e. The second-order valence-corrected chi connectivity index (χ2v) is 5.31. The molecule has 1 aliphatic carbocycles. The highest BCUT2D eigenvalue weighted by molar-refractivity contribution is 5.84. The minimum atomic E-state index is -5.85. The van der Waals surface area contributed by atoms with Gasteiger partial charge in [0, 0.05) is 19.1 Å². The quantitative estimate of drug-likeness (QED) is 0.729. The molecular weight excluding hydrogens is 283 g/mol. The van der Waals surface area contributed by atoms with Crippen molar-refractivity contribution < 1.29 is 26.7 Å². The summed E-state index contributed by atoms with van der Waals surface area (Å²) in [5.41, 5.74) is 0. The highest BCUT2D eigenvalue weighted by Crippen LogP contribution is 2.38. The maximum atomic E-state index is 13.2. The van der Waals surface area contributed by atoms with Crippen LogP contribution in [0.1, 0.15) is 25.7 Å². The predicted molar refractivity (Wildman–Crippen MR) is 63.5 cm³/mol. The average Bonchev–Trinajstić information content (AvgIpc) is 2.80. The molecule has 1 saturated carbocycles. The molecule has 0 bridgehead atoms. The van der Waals surface area contributed by atoms with Gasteiger partial charge in [0.05, 0.1) is 0 Å². The van der Waals surface area contributed by atoms with Crippen molar-refractivity contribution in [1.82, 2.24) is 9.80 Å². The first-order valence-corrected chi connectivity index (χ1v) is 6.47. The fourth-order valence-electron chi connectivity index (χ4n) is 2.28.